The van der Waals surface area contributed by atoms with Gasteiger partial charge in [-0.1, -0.05) is 12.1 Å². The van der Waals surface area contributed by atoms with Crippen LogP contribution in [0.25, 0.3) is 0 Å². The summed E-state index contributed by atoms with van der Waals surface area (Å²) >= 11 is 5.92. The monoisotopic (exact) mass is 286 g/mol. The fourth-order valence-corrected chi connectivity index (χ4v) is 3.12. The lowest BCUT2D eigenvalue weighted by atomic mass is 10.0. The molecule has 0 unspecified atom stereocenters. The average Bonchev–Trinajstić information content (AvgIpc) is 2.61. The average molecular weight is 287 g/mol. The Balaban J connectivity index is 2.56. The minimum absolute atomic E-state index is 0.261. The summed E-state index contributed by atoms with van der Waals surface area (Å²) in [5.41, 5.74) is 0.270. The van der Waals surface area contributed by atoms with Crippen LogP contribution in [0.1, 0.15) is 19.4 Å². The molecule has 0 saturated carbocycles. The molecule has 1 aromatic carbocycles. The maximum atomic E-state index is 11.9. The van der Waals surface area contributed by atoms with Crippen molar-refractivity contribution in [3.63, 3.8) is 0 Å². The minimum Gasteiger partial charge on any atom is -0.352 e. The van der Waals surface area contributed by atoms with E-state index in [0.29, 0.717) is 17.3 Å². The maximum absolute atomic E-state index is 11.9. The van der Waals surface area contributed by atoms with Gasteiger partial charge in [0.2, 0.25) is 0 Å². The third-order valence-corrected chi connectivity index (χ3v) is 5.14. The summed E-state index contributed by atoms with van der Waals surface area (Å²) in [5.74, 6) is 0.835. The highest BCUT2D eigenvalue weighted by molar-refractivity contribution is 7.90. The molecule has 2 rings (SSSR count). The van der Waals surface area contributed by atoms with Crippen LogP contribution < -0.4 is 0 Å². The summed E-state index contributed by atoms with van der Waals surface area (Å²) in [5, 5.41) is 0. The van der Waals surface area contributed by atoms with Crippen LogP contribution in [0.4, 0.5) is 0 Å². The molecule has 0 fully saturated rings. The zero-order valence-electron chi connectivity index (χ0n) is 10.5. The van der Waals surface area contributed by atoms with Crippen molar-refractivity contribution in [2.45, 2.75) is 24.3 Å². The predicted molar refractivity (Wildman–Crippen MR) is 72.7 cm³/mol. The van der Waals surface area contributed by atoms with Crippen LogP contribution >= 0.6 is 11.6 Å². The lowest BCUT2D eigenvalue weighted by molar-refractivity contribution is 0.287. The molecule has 18 heavy (non-hydrogen) atoms. The summed E-state index contributed by atoms with van der Waals surface area (Å²) in [4.78, 5) is 2.07. The first-order valence-electron chi connectivity index (χ1n) is 5.54. The number of nitrogens with zero attached hydrogens (tertiary/aromatic N) is 2. The third-order valence-electron chi connectivity index (χ3n) is 3.17. The number of halogens is 1. The highest BCUT2D eigenvalue weighted by Crippen LogP contribution is 2.29. The molecule has 1 aliphatic heterocycles. The topological polar surface area (TPSA) is 49.7 Å². The van der Waals surface area contributed by atoms with Gasteiger partial charge < -0.3 is 4.90 Å². The van der Waals surface area contributed by atoms with Crippen LogP contribution in [0.3, 0.4) is 0 Å². The fourth-order valence-electron chi connectivity index (χ4n) is 1.71. The Kier molecular flexibility index (Phi) is 3.15. The van der Waals surface area contributed by atoms with Crippen molar-refractivity contribution >= 4 is 27.5 Å². The van der Waals surface area contributed by atoms with E-state index in [4.69, 9.17) is 11.6 Å². The van der Waals surface area contributed by atoms with Crippen molar-refractivity contribution in [2.24, 2.45) is 4.40 Å². The second kappa shape index (κ2) is 4.24. The van der Waals surface area contributed by atoms with Crippen LogP contribution in [0, 0.1) is 0 Å². The van der Waals surface area contributed by atoms with Crippen LogP contribution in [0.5, 0.6) is 0 Å². The molecule has 1 heterocycles. The number of hydrogen-bond acceptors (Lipinski definition) is 3. The van der Waals surface area contributed by atoms with E-state index in [0.717, 1.165) is 0 Å². The molecule has 98 valence electrons. The van der Waals surface area contributed by atoms with Gasteiger partial charge in [0, 0.05) is 24.0 Å². The summed E-state index contributed by atoms with van der Waals surface area (Å²) < 4.78 is 27.7. The van der Waals surface area contributed by atoms with Gasteiger partial charge in [0.15, 0.2) is 5.84 Å². The molecular formula is C12H15ClN2O2S. The van der Waals surface area contributed by atoms with E-state index in [-0.39, 0.29) is 10.4 Å². The highest BCUT2D eigenvalue weighted by atomic mass is 35.5. The molecule has 1 aliphatic rings. The number of benzene rings is 1. The Morgan fingerprint density at radius 2 is 1.94 bits per heavy atom. The molecule has 0 aromatic heterocycles. The van der Waals surface area contributed by atoms with Crippen molar-refractivity contribution in [2.75, 3.05) is 12.9 Å². The number of amidine groups is 1. The largest absolute Gasteiger partial charge is 0.352 e. The van der Waals surface area contributed by atoms with Crippen molar-refractivity contribution in [3.05, 3.63) is 29.8 Å². The molecule has 6 heteroatoms. The Morgan fingerprint density at radius 3 is 2.56 bits per heavy atom. The highest BCUT2D eigenvalue weighted by Gasteiger charge is 2.35. The smallest absolute Gasteiger partial charge is 0.285 e. The Labute approximate surface area is 112 Å². The summed E-state index contributed by atoms with van der Waals surface area (Å²) in [6, 6.07) is 6.83. The second-order valence-corrected chi connectivity index (χ2v) is 6.73. The standard InChI is InChI=1S/C12H15ClN2O2S/c1-12(2,8-13)15(3)11-9-6-4-5-7-10(9)18(16,17)14-11/h4-7H,8H2,1-3H3. The summed E-state index contributed by atoms with van der Waals surface area (Å²) in [6.07, 6.45) is 0. The van der Waals surface area contributed by atoms with E-state index in [2.05, 4.69) is 4.40 Å². The number of alkyl halides is 1. The SMILES string of the molecule is CN(C1=NS(=O)(=O)c2ccccc21)C(C)(C)CCl. The lowest BCUT2D eigenvalue weighted by Gasteiger charge is -2.35. The van der Waals surface area contributed by atoms with Gasteiger partial charge in [0.05, 0.1) is 0 Å². The maximum Gasteiger partial charge on any atom is 0.285 e. The van der Waals surface area contributed by atoms with Crippen molar-refractivity contribution in [1.82, 2.24) is 4.90 Å². The number of fused-ring (bicyclic) bond motifs is 1. The van der Waals surface area contributed by atoms with E-state index >= 15 is 0 Å². The molecular weight excluding hydrogens is 272 g/mol. The molecule has 0 radical (unpaired) electrons. The molecule has 0 N–H and O–H groups in total. The second-order valence-electron chi connectivity index (χ2n) is 4.89. The molecule has 0 saturated heterocycles. The molecule has 0 atom stereocenters. The van der Waals surface area contributed by atoms with Crippen molar-refractivity contribution < 1.29 is 8.42 Å². The van der Waals surface area contributed by atoms with Crippen LogP contribution in [0.2, 0.25) is 0 Å². The third kappa shape index (κ3) is 2.01. The van der Waals surface area contributed by atoms with Crippen molar-refractivity contribution in [3.8, 4) is 0 Å². The zero-order chi connectivity index (χ0) is 13.6. The van der Waals surface area contributed by atoms with Crippen LogP contribution in [-0.2, 0) is 10.0 Å². The van der Waals surface area contributed by atoms with Crippen LogP contribution in [-0.4, -0.2) is 37.6 Å². The van der Waals surface area contributed by atoms with Crippen LogP contribution in [0.15, 0.2) is 33.6 Å². The number of rotatable bonds is 2. The van der Waals surface area contributed by atoms with Crippen molar-refractivity contribution in [1.29, 1.82) is 0 Å². The van der Waals surface area contributed by atoms with E-state index < -0.39 is 10.0 Å². The molecule has 0 bridgehead atoms. The summed E-state index contributed by atoms with van der Waals surface area (Å²) in [7, 11) is -1.76. The molecule has 0 spiro atoms. The first kappa shape index (κ1) is 13.4. The molecule has 1 aromatic rings. The Morgan fingerprint density at radius 1 is 1.33 bits per heavy atom. The minimum atomic E-state index is -3.57. The van der Waals surface area contributed by atoms with Gasteiger partial charge in [0.1, 0.15) is 4.90 Å². The molecule has 0 amide bonds. The Hall–Kier alpha value is -1.07. The molecule has 4 nitrogen and oxygen atoms in total. The Bertz CT molecular complexity index is 608. The van der Waals surface area contributed by atoms with Gasteiger partial charge in [-0.2, -0.15) is 8.42 Å². The predicted octanol–water partition coefficient (Wildman–Crippen LogP) is 2.08. The normalized spacial score (nSPS) is 17.2. The zero-order valence-corrected chi connectivity index (χ0v) is 12.1. The number of hydrogen-bond donors (Lipinski definition) is 0. The van der Waals surface area contributed by atoms with Gasteiger partial charge >= 0.3 is 0 Å². The fraction of sp³-hybridized carbons (Fsp3) is 0.417. The number of sulfonamides is 1. The first-order chi connectivity index (χ1) is 8.29. The van der Waals surface area contributed by atoms with Gasteiger partial charge in [-0.3, -0.25) is 0 Å². The van der Waals surface area contributed by atoms with E-state index in [1.54, 1.807) is 31.3 Å². The van der Waals surface area contributed by atoms with Gasteiger partial charge in [-0.05, 0) is 26.0 Å². The van der Waals surface area contributed by atoms with Gasteiger partial charge in [0.25, 0.3) is 10.0 Å². The quantitative estimate of drug-likeness (QED) is 0.782. The van der Waals surface area contributed by atoms with Gasteiger partial charge in [-0.25, -0.2) is 0 Å². The van der Waals surface area contributed by atoms with Gasteiger partial charge in [-0.15, -0.1) is 16.0 Å². The van der Waals surface area contributed by atoms with E-state index in [1.807, 2.05) is 18.7 Å². The van der Waals surface area contributed by atoms with E-state index in [1.165, 1.54) is 0 Å². The lowest BCUT2D eigenvalue weighted by Crippen LogP contribution is -2.46. The van der Waals surface area contributed by atoms with E-state index in [9.17, 15) is 8.42 Å². The first-order valence-corrected chi connectivity index (χ1v) is 7.51. The summed E-state index contributed by atoms with van der Waals surface area (Å²) in [6.45, 7) is 3.88. The molecule has 0 aliphatic carbocycles.